The minimum absolute atomic E-state index is 0.202. The van der Waals surface area contributed by atoms with Gasteiger partial charge < -0.3 is 29.3 Å². The molecule has 2 fully saturated rings. The van der Waals surface area contributed by atoms with Gasteiger partial charge in [-0.05, 0) is 144 Å². The monoisotopic (exact) mass is 886 g/mol. The van der Waals surface area contributed by atoms with Crippen LogP contribution < -0.4 is 5.46 Å². The number of halogens is 1. The number of hydrogen-bond donors (Lipinski definition) is 2. The molecule has 60 heavy (non-hydrogen) atoms. The minimum Gasteiger partial charge on any atom is -0.444 e. The van der Waals surface area contributed by atoms with Crippen LogP contribution in [0.25, 0.3) is 11.1 Å². The third-order valence-electron chi connectivity index (χ3n) is 9.93. The summed E-state index contributed by atoms with van der Waals surface area (Å²) in [4.78, 5) is 40.8. The highest BCUT2D eigenvalue weighted by molar-refractivity contribution is 9.10. The SMILES string of the molecule is Cc1cc(-c2ccc(CN3CCN(C(=O)OC(C)(C)C)CC3)c(C)c2)ccn1.Cc1cc(B(O)O)ccn1.Cc1cc(Br)ccc1CN1CCN(C(=O)OC(C)(C)C)CC1. The number of pyridine rings is 2. The number of carbonyl (C=O) groups excluding carboxylic acids is 2. The van der Waals surface area contributed by atoms with Crippen LogP contribution in [0.5, 0.6) is 0 Å². The lowest BCUT2D eigenvalue weighted by atomic mass is 9.81. The molecule has 0 aliphatic carbocycles. The summed E-state index contributed by atoms with van der Waals surface area (Å²) in [6, 6.07) is 20.4. The molecule has 324 valence electrons. The molecule has 2 aliphatic rings. The van der Waals surface area contributed by atoms with Crippen molar-refractivity contribution in [1.29, 1.82) is 0 Å². The average molecular weight is 888 g/mol. The Hall–Kier alpha value is -4.34. The first-order valence-corrected chi connectivity index (χ1v) is 21.4. The Labute approximate surface area is 366 Å². The van der Waals surface area contributed by atoms with Crippen LogP contribution in [0.1, 0.15) is 75.2 Å². The van der Waals surface area contributed by atoms with Crippen LogP contribution in [0.3, 0.4) is 0 Å². The summed E-state index contributed by atoms with van der Waals surface area (Å²) in [6.45, 7) is 27.7. The number of piperazine rings is 2. The second-order valence-electron chi connectivity index (χ2n) is 17.5. The van der Waals surface area contributed by atoms with Crippen LogP contribution in [-0.2, 0) is 22.6 Å². The van der Waals surface area contributed by atoms with E-state index >= 15 is 0 Å². The predicted molar refractivity (Wildman–Crippen MR) is 243 cm³/mol. The first-order valence-electron chi connectivity index (χ1n) is 20.6. The summed E-state index contributed by atoms with van der Waals surface area (Å²) >= 11 is 3.50. The minimum atomic E-state index is -1.39. The highest BCUT2D eigenvalue weighted by Crippen LogP contribution is 2.24. The fraction of sp³-hybridized carbons (Fsp3) is 0.478. The van der Waals surface area contributed by atoms with Crippen molar-refractivity contribution in [3.05, 3.63) is 111 Å². The van der Waals surface area contributed by atoms with Crippen LogP contribution >= 0.6 is 15.9 Å². The number of aromatic nitrogens is 2. The summed E-state index contributed by atoms with van der Waals surface area (Å²) < 4.78 is 12.0. The fourth-order valence-corrected chi connectivity index (χ4v) is 7.13. The number of rotatable bonds is 6. The van der Waals surface area contributed by atoms with Crippen molar-refractivity contribution in [1.82, 2.24) is 29.6 Å². The van der Waals surface area contributed by atoms with Crippen molar-refractivity contribution in [2.24, 2.45) is 0 Å². The molecule has 0 unspecified atom stereocenters. The van der Waals surface area contributed by atoms with E-state index in [0.29, 0.717) is 18.6 Å². The van der Waals surface area contributed by atoms with Gasteiger partial charge in [0.05, 0.1) is 0 Å². The number of benzene rings is 2. The van der Waals surface area contributed by atoms with Gasteiger partial charge in [0.1, 0.15) is 11.2 Å². The van der Waals surface area contributed by atoms with Gasteiger partial charge in [-0.25, -0.2) is 9.59 Å². The molecule has 0 atom stereocenters. The number of aryl methyl sites for hydroxylation is 4. The lowest BCUT2D eigenvalue weighted by molar-refractivity contribution is 0.0129. The van der Waals surface area contributed by atoms with E-state index in [0.717, 1.165) is 68.2 Å². The molecule has 0 radical (unpaired) electrons. The lowest BCUT2D eigenvalue weighted by Crippen LogP contribution is -2.49. The van der Waals surface area contributed by atoms with Crippen LogP contribution in [0, 0.1) is 27.7 Å². The molecule has 2 aromatic heterocycles. The van der Waals surface area contributed by atoms with Crippen molar-refractivity contribution in [3.63, 3.8) is 0 Å². The summed E-state index contributed by atoms with van der Waals surface area (Å²) in [7, 11) is -1.39. The van der Waals surface area contributed by atoms with Crippen LogP contribution in [0.2, 0.25) is 0 Å². The van der Waals surface area contributed by atoms with Gasteiger partial charge in [-0.2, -0.15) is 0 Å². The molecule has 2 amide bonds. The molecule has 2 aromatic carbocycles. The summed E-state index contributed by atoms with van der Waals surface area (Å²) in [5.74, 6) is 0. The molecule has 12 nitrogen and oxygen atoms in total. The smallest absolute Gasteiger partial charge is 0.444 e. The normalized spacial score (nSPS) is 14.9. The largest absolute Gasteiger partial charge is 0.488 e. The van der Waals surface area contributed by atoms with E-state index in [9.17, 15) is 9.59 Å². The summed E-state index contributed by atoms with van der Waals surface area (Å²) in [6.07, 6.45) is 3.00. The van der Waals surface area contributed by atoms with Gasteiger partial charge in [-0.3, -0.25) is 19.8 Å². The standard InChI is InChI=1S/C23H31N3O2.C17H25BrN2O2.C6H8BNO2/c1-17-14-19(20-8-9-24-18(2)15-20)6-7-21(17)16-25-10-12-26(13-11-25)22(27)28-23(3,4)5;1-13-11-15(18)6-5-14(13)12-19-7-9-20(10-8-19)16(21)22-17(2,3)4;1-5-4-6(7(9)10)2-3-8-5/h6-9,14-15H,10-13,16H2,1-5H3;5-6,11H,7-10,12H2,1-4H3;2-4,9-10H,1H3. The molecule has 0 bridgehead atoms. The van der Waals surface area contributed by atoms with Crippen molar-refractivity contribution in [3.8, 4) is 11.1 Å². The molecule has 2 saturated heterocycles. The number of amides is 2. The van der Waals surface area contributed by atoms with E-state index in [4.69, 9.17) is 19.5 Å². The zero-order valence-electron chi connectivity index (χ0n) is 37.2. The van der Waals surface area contributed by atoms with Gasteiger partial charge in [0.15, 0.2) is 0 Å². The average Bonchev–Trinajstić information content (AvgIpc) is 3.16. The number of nitrogens with zero attached hydrogens (tertiary/aromatic N) is 6. The molecule has 2 N–H and O–H groups in total. The van der Waals surface area contributed by atoms with Crippen LogP contribution in [0.15, 0.2) is 77.5 Å². The van der Waals surface area contributed by atoms with Crippen LogP contribution in [0.4, 0.5) is 9.59 Å². The second-order valence-corrected chi connectivity index (χ2v) is 18.4. The summed E-state index contributed by atoms with van der Waals surface area (Å²) in [5, 5.41) is 17.4. The molecule has 4 aromatic rings. The number of hydrogen-bond acceptors (Lipinski definition) is 10. The maximum atomic E-state index is 12.2. The van der Waals surface area contributed by atoms with Crippen molar-refractivity contribution < 1.29 is 29.1 Å². The maximum absolute atomic E-state index is 12.2. The maximum Gasteiger partial charge on any atom is 0.488 e. The fourth-order valence-electron chi connectivity index (χ4n) is 6.65. The molecular weight excluding hydrogens is 823 g/mol. The molecule has 14 heteroatoms. The Kier molecular flexibility index (Phi) is 17.7. The van der Waals surface area contributed by atoms with Crippen LogP contribution in [-0.4, -0.2) is 122 Å². The lowest BCUT2D eigenvalue weighted by Gasteiger charge is -2.35. The molecular formula is C46H64BBrN6O6. The second kappa shape index (κ2) is 22.0. The molecule has 2 aliphatic heterocycles. The van der Waals surface area contributed by atoms with E-state index < -0.39 is 18.3 Å². The van der Waals surface area contributed by atoms with E-state index in [2.05, 4.69) is 98.1 Å². The van der Waals surface area contributed by atoms with E-state index in [1.165, 1.54) is 33.4 Å². The van der Waals surface area contributed by atoms with Gasteiger partial charge in [0.2, 0.25) is 0 Å². The van der Waals surface area contributed by atoms with Gasteiger partial charge in [0.25, 0.3) is 0 Å². The van der Waals surface area contributed by atoms with E-state index in [-0.39, 0.29) is 12.2 Å². The van der Waals surface area contributed by atoms with Crippen molar-refractivity contribution in [2.45, 2.75) is 93.5 Å². The Morgan fingerprint density at radius 2 is 1.05 bits per heavy atom. The molecule has 0 spiro atoms. The van der Waals surface area contributed by atoms with Crippen molar-refractivity contribution in [2.75, 3.05) is 52.4 Å². The van der Waals surface area contributed by atoms with E-state index in [1.807, 2.05) is 59.6 Å². The highest BCUT2D eigenvalue weighted by atomic mass is 79.9. The Bertz CT molecular complexity index is 2020. The van der Waals surface area contributed by atoms with Crippen molar-refractivity contribution >= 4 is 40.7 Å². The third kappa shape index (κ3) is 16.3. The Balaban J connectivity index is 0.000000220. The Morgan fingerprint density at radius 3 is 1.45 bits per heavy atom. The predicted octanol–water partition coefficient (Wildman–Crippen LogP) is 7.30. The first-order chi connectivity index (χ1) is 28.2. The van der Waals surface area contributed by atoms with E-state index in [1.54, 1.807) is 30.2 Å². The summed E-state index contributed by atoms with van der Waals surface area (Å²) in [5.41, 5.74) is 9.11. The van der Waals surface area contributed by atoms with Gasteiger partial charge in [-0.1, -0.05) is 40.2 Å². The quantitative estimate of drug-likeness (QED) is 0.190. The third-order valence-corrected chi connectivity index (χ3v) is 10.4. The van der Waals surface area contributed by atoms with Gasteiger partial charge >= 0.3 is 19.3 Å². The number of ether oxygens (including phenoxy) is 2. The number of carbonyl (C=O) groups is 2. The molecule has 4 heterocycles. The zero-order valence-corrected chi connectivity index (χ0v) is 38.8. The first kappa shape index (κ1) is 48.3. The zero-order chi connectivity index (χ0) is 44.2. The molecule has 0 saturated carbocycles. The molecule has 6 rings (SSSR count). The Morgan fingerprint density at radius 1 is 0.617 bits per heavy atom. The van der Waals surface area contributed by atoms with Gasteiger partial charge in [-0.15, -0.1) is 0 Å². The topological polar surface area (TPSA) is 132 Å². The van der Waals surface area contributed by atoms with Gasteiger partial charge in [0, 0.05) is 93.7 Å². The highest BCUT2D eigenvalue weighted by Gasteiger charge is 2.27.